The van der Waals surface area contributed by atoms with Gasteiger partial charge in [-0.2, -0.15) is 0 Å². The second-order valence-corrected chi connectivity index (χ2v) is 9.07. The molecule has 0 atom stereocenters. The number of sulfone groups is 1. The fraction of sp³-hybridized carbons (Fsp3) is 0. The zero-order valence-electron chi connectivity index (χ0n) is 18.1. The van der Waals surface area contributed by atoms with Crippen LogP contribution in [0.1, 0.15) is 11.1 Å². The summed E-state index contributed by atoms with van der Waals surface area (Å²) in [6.07, 6.45) is 3.04. The second-order valence-electron chi connectivity index (χ2n) is 7.13. The molecule has 8 heteroatoms. The fourth-order valence-electron chi connectivity index (χ4n) is 3.04. The molecule has 0 unspecified atom stereocenters. The van der Waals surface area contributed by atoms with E-state index >= 15 is 0 Å². The van der Waals surface area contributed by atoms with Gasteiger partial charge in [0.05, 0.1) is 21.2 Å². The number of hydrogen-bond acceptors (Lipinski definition) is 6. The van der Waals surface area contributed by atoms with Crippen LogP contribution in [0.3, 0.4) is 0 Å². The quantitative estimate of drug-likeness (QED) is 0.261. The molecule has 0 radical (unpaired) electrons. The van der Waals surface area contributed by atoms with Gasteiger partial charge in [-0.3, -0.25) is 9.98 Å². The normalized spacial score (nSPS) is 11.5. The van der Waals surface area contributed by atoms with Crippen molar-refractivity contribution in [3.8, 4) is 11.5 Å². The van der Waals surface area contributed by atoms with Crippen molar-refractivity contribution in [1.29, 1.82) is 0 Å². The van der Waals surface area contributed by atoms with Crippen molar-refractivity contribution < 1.29 is 38.1 Å². The molecule has 4 rings (SSSR count). The molecule has 6 nitrogen and oxygen atoms in total. The molecule has 0 fully saturated rings. The Balaban J connectivity index is 0.00000324. The van der Waals surface area contributed by atoms with Crippen LogP contribution in [-0.2, 0) is 29.3 Å². The molecule has 0 heterocycles. The third kappa shape index (κ3) is 5.84. The minimum absolute atomic E-state index is 0. The van der Waals surface area contributed by atoms with Gasteiger partial charge in [0.15, 0.2) is 0 Å². The van der Waals surface area contributed by atoms with E-state index in [1.54, 1.807) is 72.8 Å². The molecular formula is C26H20N2O4SZn. The third-order valence-corrected chi connectivity index (χ3v) is 6.66. The van der Waals surface area contributed by atoms with E-state index < -0.39 is 9.84 Å². The van der Waals surface area contributed by atoms with E-state index in [2.05, 4.69) is 9.98 Å². The van der Waals surface area contributed by atoms with E-state index in [1.165, 1.54) is 36.7 Å². The maximum absolute atomic E-state index is 13.0. The SMILES string of the molecule is O=S(=O)(c1ccc(N=Cc2ccccc2O)cc1)c1ccc(N=Cc2ccccc2O)cc1.[Zn]. The number of nitrogens with zero attached hydrogens (tertiary/aromatic N) is 2. The summed E-state index contributed by atoms with van der Waals surface area (Å²) in [5, 5.41) is 19.6. The first-order valence-electron chi connectivity index (χ1n) is 10.0. The third-order valence-electron chi connectivity index (χ3n) is 4.87. The standard InChI is InChI=1S/C26H20N2O4S.Zn/c29-25-7-3-1-5-19(25)17-27-21-9-13-23(14-10-21)33(31,32)24-15-11-22(12-16-24)28-18-20-6-2-4-8-26(20)30;/h1-18,29-30H;. The van der Waals surface area contributed by atoms with Crippen molar-refractivity contribution in [2.45, 2.75) is 9.79 Å². The van der Waals surface area contributed by atoms with Gasteiger partial charge in [0.2, 0.25) is 9.84 Å². The summed E-state index contributed by atoms with van der Waals surface area (Å²) in [7, 11) is -3.70. The maximum atomic E-state index is 13.0. The summed E-state index contributed by atoms with van der Waals surface area (Å²) in [5.74, 6) is 0.239. The van der Waals surface area contributed by atoms with Crippen LogP contribution in [0.2, 0.25) is 0 Å². The van der Waals surface area contributed by atoms with Crippen LogP contribution in [-0.4, -0.2) is 31.1 Å². The van der Waals surface area contributed by atoms with Gasteiger partial charge in [-0.15, -0.1) is 0 Å². The number of para-hydroxylation sites is 2. The van der Waals surface area contributed by atoms with Crippen LogP contribution in [0, 0.1) is 0 Å². The molecule has 0 spiro atoms. The Kier molecular flexibility index (Phi) is 8.10. The number of phenolic OH excluding ortho intramolecular Hbond substituents is 2. The van der Waals surface area contributed by atoms with Crippen molar-refractivity contribution in [3.63, 3.8) is 0 Å². The van der Waals surface area contributed by atoms with Gasteiger partial charge < -0.3 is 10.2 Å². The summed E-state index contributed by atoms with van der Waals surface area (Å²) in [4.78, 5) is 8.86. The molecule has 4 aromatic carbocycles. The van der Waals surface area contributed by atoms with Crippen molar-refractivity contribution in [1.82, 2.24) is 0 Å². The van der Waals surface area contributed by atoms with E-state index in [-0.39, 0.29) is 40.8 Å². The first-order valence-corrected chi connectivity index (χ1v) is 11.5. The molecule has 0 aliphatic carbocycles. The van der Waals surface area contributed by atoms with E-state index in [9.17, 15) is 18.6 Å². The first kappa shape index (κ1) is 25.0. The van der Waals surface area contributed by atoms with Gasteiger partial charge in [-0.1, -0.05) is 24.3 Å². The molecule has 166 valence electrons. The van der Waals surface area contributed by atoms with E-state index in [0.717, 1.165) is 0 Å². The molecular weight excluding hydrogens is 502 g/mol. The van der Waals surface area contributed by atoms with Gasteiger partial charge in [-0.05, 0) is 72.8 Å². The molecule has 0 aliphatic rings. The summed E-state index contributed by atoms with van der Waals surface area (Å²) in [6, 6.07) is 26.0. The minimum atomic E-state index is -3.70. The smallest absolute Gasteiger partial charge is 0.206 e. The van der Waals surface area contributed by atoms with Gasteiger partial charge in [0.1, 0.15) is 11.5 Å². The predicted molar refractivity (Wildman–Crippen MR) is 129 cm³/mol. The van der Waals surface area contributed by atoms with Crippen LogP contribution in [0.5, 0.6) is 11.5 Å². The average molecular weight is 522 g/mol. The van der Waals surface area contributed by atoms with Crippen molar-refractivity contribution >= 4 is 33.6 Å². The monoisotopic (exact) mass is 520 g/mol. The molecule has 34 heavy (non-hydrogen) atoms. The Labute approximate surface area is 210 Å². The maximum Gasteiger partial charge on any atom is 0.206 e. The number of aromatic hydroxyl groups is 2. The number of rotatable bonds is 6. The molecule has 0 saturated carbocycles. The minimum Gasteiger partial charge on any atom is -0.507 e. The Bertz CT molecular complexity index is 1330. The number of phenols is 2. The predicted octanol–water partition coefficient (Wildman–Crippen LogP) is 5.43. The number of aliphatic imine (C=N–C) groups is 2. The number of benzene rings is 4. The Morgan fingerprint density at radius 2 is 0.912 bits per heavy atom. The largest absolute Gasteiger partial charge is 0.507 e. The van der Waals surface area contributed by atoms with E-state index in [1.807, 2.05) is 0 Å². The summed E-state index contributed by atoms with van der Waals surface area (Å²) < 4.78 is 25.9. The topological polar surface area (TPSA) is 99.3 Å². The Hall–Kier alpha value is -3.61. The molecule has 0 aliphatic heterocycles. The fourth-order valence-corrected chi connectivity index (χ4v) is 4.30. The number of hydrogen-bond donors (Lipinski definition) is 2. The molecule has 2 N–H and O–H groups in total. The van der Waals surface area contributed by atoms with Gasteiger partial charge >= 0.3 is 0 Å². The second kappa shape index (κ2) is 11.0. The molecule has 0 saturated heterocycles. The summed E-state index contributed by atoms with van der Waals surface area (Å²) in [5.41, 5.74) is 2.26. The van der Waals surface area contributed by atoms with Crippen molar-refractivity contribution in [3.05, 3.63) is 108 Å². The van der Waals surface area contributed by atoms with Crippen LogP contribution >= 0.6 is 0 Å². The molecule has 4 aromatic rings. The van der Waals surface area contributed by atoms with Crippen LogP contribution < -0.4 is 0 Å². The van der Waals surface area contributed by atoms with Crippen LogP contribution in [0.4, 0.5) is 11.4 Å². The van der Waals surface area contributed by atoms with Gasteiger partial charge in [-0.25, -0.2) is 8.42 Å². The van der Waals surface area contributed by atoms with E-state index in [4.69, 9.17) is 0 Å². The van der Waals surface area contributed by atoms with Crippen molar-refractivity contribution in [2.75, 3.05) is 0 Å². The van der Waals surface area contributed by atoms with E-state index in [0.29, 0.717) is 22.5 Å². The molecule has 0 aromatic heterocycles. The Morgan fingerprint density at radius 1 is 0.559 bits per heavy atom. The zero-order valence-corrected chi connectivity index (χ0v) is 21.9. The average Bonchev–Trinajstić information content (AvgIpc) is 2.83. The first-order chi connectivity index (χ1) is 15.9. The summed E-state index contributed by atoms with van der Waals surface area (Å²) in [6.45, 7) is 0. The zero-order chi connectivity index (χ0) is 23.3. The summed E-state index contributed by atoms with van der Waals surface area (Å²) >= 11 is 0. The van der Waals surface area contributed by atoms with Crippen LogP contribution in [0.25, 0.3) is 0 Å². The molecule has 0 amide bonds. The van der Waals surface area contributed by atoms with Crippen molar-refractivity contribution in [2.24, 2.45) is 9.98 Å². The van der Waals surface area contributed by atoms with Crippen LogP contribution in [0.15, 0.2) is 117 Å². The van der Waals surface area contributed by atoms with Gasteiger partial charge in [0.25, 0.3) is 0 Å². The molecule has 0 bridgehead atoms. The Morgan fingerprint density at radius 3 is 1.26 bits per heavy atom. The van der Waals surface area contributed by atoms with Gasteiger partial charge in [0, 0.05) is 43.0 Å².